The van der Waals surface area contributed by atoms with Crippen LogP contribution in [0, 0.1) is 5.92 Å². The average molecular weight is 384 g/mol. The molecule has 0 spiro atoms. The number of ether oxygens (including phenoxy) is 1. The lowest BCUT2D eigenvalue weighted by Crippen LogP contribution is -2.18. The molecule has 27 heavy (non-hydrogen) atoms. The van der Waals surface area contributed by atoms with Gasteiger partial charge < -0.3 is 14.8 Å². The van der Waals surface area contributed by atoms with Crippen molar-refractivity contribution < 1.29 is 14.6 Å². The van der Waals surface area contributed by atoms with Crippen LogP contribution < -0.4 is 5.56 Å². The maximum absolute atomic E-state index is 12.7. The number of nitrogens with zero attached hydrogens (tertiary/aromatic N) is 1. The van der Waals surface area contributed by atoms with E-state index in [1.54, 1.807) is 30.4 Å². The average Bonchev–Trinajstić information content (AvgIpc) is 2.99. The molecule has 3 aromatic rings. The number of hydrogen-bond donors (Lipinski definition) is 2. The Morgan fingerprint density at radius 1 is 1.41 bits per heavy atom. The Hall–Kier alpha value is -2.67. The molecule has 2 N–H and O–H groups in total. The van der Waals surface area contributed by atoms with Gasteiger partial charge in [-0.1, -0.05) is 19.1 Å². The standard InChI is InChI=1S/C20H20N2O4S/c1-10-7-8-13-15(9-10)27-19-16(13)18(24)21-17(22-19)11(2)26-20(25)12-5-3-4-6-14(12)23/h3-6,10-11,23H,7-9H2,1-2H3,(H,21,22,24)/t10-,11+/m0/s1. The summed E-state index contributed by atoms with van der Waals surface area (Å²) in [6, 6.07) is 6.18. The molecule has 2 heterocycles. The molecule has 0 amide bonds. The van der Waals surface area contributed by atoms with Crippen LogP contribution in [0.5, 0.6) is 5.75 Å². The molecule has 2 aromatic heterocycles. The van der Waals surface area contributed by atoms with Crippen molar-refractivity contribution in [1.82, 2.24) is 9.97 Å². The van der Waals surface area contributed by atoms with Crippen molar-refractivity contribution in [2.45, 2.75) is 39.2 Å². The number of aryl methyl sites for hydroxylation is 1. The number of aromatic hydroxyl groups is 1. The number of carbonyl (C=O) groups excluding carboxylic acids is 1. The molecule has 140 valence electrons. The zero-order valence-corrected chi connectivity index (χ0v) is 15.9. The molecule has 0 bridgehead atoms. The summed E-state index contributed by atoms with van der Waals surface area (Å²) in [5.74, 6) is 0.111. The third-order valence-corrected chi connectivity index (χ3v) is 6.12. The summed E-state index contributed by atoms with van der Waals surface area (Å²) in [6.45, 7) is 3.87. The highest BCUT2D eigenvalue weighted by atomic mass is 32.1. The van der Waals surface area contributed by atoms with Crippen LogP contribution in [0.3, 0.4) is 0 Å². The number of benzene rings is 1. The van der Waals surface area contributed by atoms with Crippen molar-refractivity contribution in [3.63, 3.8) is 0 Å². The third-order valence-electron chi connectivity index (χ3n) is 4.98. The van der Waals surface area contributed by atoms with E-state index < -0.39 is 12.1 Å². The van der Waals surface area contributed by atoms with Crippen LogP contribution >= 0.6 is 11.3 Å². The minimum atomic E-state index is -0.743. The number of aromatic amines is 1. The fourth-order valence-electron chi connectivity index (χ4n) is 3.48. The van der Waals surface area contributed by atoms with E-state index in [9.17, 15) is 14.7 Å². The van der Waals surface area contributed by atoms with Crippen LogP contribution in [0.2, 0.25) is 0 Å². The topological polar surface area (TPSA) is 92.3 Å². The predicted octanol–water partition coefficient (Wildman–Crippen LogP) is 3.73. The van der Waals surface area contributed by atoms with Crippen LogP contribution in [0.1, 0.15) is 53.0 Å². The number of carbonyl (C=O) groups is 1. The number of hydrogen-bond acceptors (Lipinski definition) is 6. The fourth-order valence-corrected chi connectivity index (χ4v) is 4.87. The van der Waals surface area contributed by atoms with Gasteiger partial charge in [-0.2, -0.15) is 0 Å². The van der Waals surface area contributed by atoms with Gasteiger partial charge in [-0.25, -0.2) is 9.78 Å². The van der Waals surface area contributed by atoms with Gasteiger partial charge in [0.2, 0.25) is 0 Å². The van der Waals surface area contributed by atoms with Gasteiger partial charge >= 0.3 is 5.97 Å². The highest BCUT2D eigenvalue weighted by Gasteiger charge is 2.25. The normalized spacial score (nSPS) is 17.5. The number of fused-ring (bicyclic) bond motifs is 3. The maximum Gasteiger partial charge on any atom is 0.342 e. The molecule has 1 aliphatic carbocycles. The highest BCUT2D eigenvalue weighted by molar-refractivity contribution is 7.18. The lowest BCUT2D eigenvalue weighted by atomic mass is 9.89. The number of thiophene rings is 1. The van der Waals surface area contributed by atoms with E-state index in [4.69, 9.17) is 4.74 Å². The van der Waals surface area contributed by atoms with Crippen molar-refractivity contribution in [2.75, 3.05) is 0 Å². The Balaban J connectivity index is 1.65. The Morgan fingerprint density at radius 3 is 2.96 bits per heavy atom. The van der Waals surface area contributed by atoms with Gasteiger partial charge in [-0.05, 0) is 49.8 Å². The molecule has 0 saturated carbocycles. The lowest BCUT2D eigenvalue weighted by Gasteiger charge is -2.17. The van der Waals surface area contributed by atoms with E-state index in [0.29, 0.717) is 22.0 Å². The van der Waals surface area contributed by atoms with Crippen molar-refractivity contribution in [3.05, 3.63) is 56.4 Å². The molecule has 1 aromatic carbocycles. The van der Waals surface area contributed by atoms with Crippen LogP contribution in [0.4, 0.5) is 0 Å². The lowest BCUT2D eigenvalue weighted by molar-refractivity contribution is 0.0317. The Bertz CT molecular complexity index is 1090. The summed E-state index contributed by atoms with van der Waals surface area (Å²) in [5.41, 5.74) is 1.01. The molecular formula is C20H20N2O4S. The largest absolute Gasteiger partial charge is 0.507 e. The van der Waals surface area contributed by atoms with Crippen molar-refractivity contribution in [2.24, 2.45) is 5.92 Å². The maximum atomic E-state index is 12.7. The van der Waals surface area contributed by atoms with Gasteiger partial charge in [-0.15, -0.1) is 11.3 Å². The van der Waals surface area contributed by atoms with Crippen molar-refractivity contribution >= 4 is 27.5 Å². The Morgan fingerprint density at radius 2 is 2.19 bits per heavy atom. The van der Waals surface area contributed by atoms with Gasteiger partial charge in [0.05, 0.1) is 5.39 Å². The summed E-state index contributed by atoms with van der Waals surface area (Å²) >= 11 is 1.56. The van der Waals surface area contributed by atoms with Crippen molar-refractivity contribution in [3.8, 4) is 5.75 Å². The van der Waals surface area contributed by atoms with E-state index in [0.717, 1.165) is 24.8 Å². The first kappa shape index (κ1) is 17.7. The number of phenolic OH excluding ortho intramolecular Hbond substituents is 1. The molecule has 6 nitrogen and oxygen atoms in total. The SMILES string of the molecule is C[C@H]1CCc2c(sc3nc([C@@H](C)OC(=O)c4ccccc4O)[nH]c(=O)c23)C1. The van der Waals surface area contributed by atoms with Crippen LogP contribution in [-0.4, -0.2) is 21.0 Å². The molecule has 0 radical (unpaired) electrons. The van der Waals surface area contributed by atoms with Crippen LogP contribution in [-0.2, 0) is 17.6 Å². The molecular weight excluding hydrogens is 364 g/mol. The number of esters is 1. The number of H-pyrrole nitrogens is 1. The fraction of sp³-hybridized carbons (Fsp3) is 0.350. The highest BCUT2D eigenvalue weighted by Crippen LogP contribution is 2.36. The molecule has 0 unspecified atom stereocenters. The Labute approximate surface area is 159 Å². The van der Waals surface area contributed by atoms with Crippen molar-refractivity contribution in [1.29, 1.82) is 0 Å². The summed E-state index contributed by atoms with van der Waals surface area (Å²) in [4.78, 5) is 34.2. The number of rotatable bonds is 3. The first-order valence-electron chi connectivity index (χ1n) is 8.97. The number of nitrogens with one attached hydrogen (secondary N) is 1. The molecule has 2 atom stereocenters. The molecule has 7 heteroatoms. The summed E-state index contributed by atoms with van der Waals surface area (Å²) < 4.78 is 5.40. The summed E-state index contributed by atoms with van der Waals surface area (Å²) in [7, 11) is 0. The molecule has 0 aliphatic heterocycles. The monoisotopic (exact) mass is 384 g/mol. The smallest absolute Gasteiger partial charge is 0.342 e. The van der Waals surface area contributed by atoms with Gasteiger partial charge in [0.1, 0.15) is 16.1 Å². The second-order valence-electron chi connectivity index (χ2n) is 7.05. The van der Waals surface area contributed by atoms with Gasteiger partial charge in [0, 0.05) is 4.88 Å². The minimum absolute atomic E-state index is 0.0772. The van der Waals surface area contributed by atoms with E-state index in [2.05, 4.69) is 16.9 Å². The summed E-state index contributed by atoms with van der Waals surface area (Å²) in [6.07, 6.45) is 2.21. The van der Waals surface area contributed by atoms with Gasteiger partial charge in [0.25, 0.3) is 5.56 Å². The second kappa shape index (κ2) is 6.81. The van der Waals surface area contributed by atoms with Crippen LogP contribution in [0.15, 0.2) is 29.1 Å². The zero-order valence-electron chi connectivity index (χ0n) is 15.1. The molecule has 0 fully saturated rings. The zero-order chi connectivity index (χ0) is 19.1. The van der Waals surface area contributed by atoms with E-state index in [1.807, 2.05) is 0 Å². The van der Waals surface area contributed by atoms with E-state index in [-0.39, 0.29) is 16.9 Å². The first-order valence-corrected chi connectivity index (χ1v) is 9.79. The second-order valence-corrected chi connectivity index (χ2v) is 8.13. The molecule has 0 saturated heterocycles. The number of aromatic nitrogens is 2. The predicted molar refractivity (Wildman–Crippen MR) is 103 cm³/mol. The minimum Gasteiger partial charge on any atom is -0.507 e. The summed E-state index contributed by atoms with van der Waals surface area (Å²) in [5, 5.41) is 10.5. The van der Waals surface area contributed by atoms with Crippen LogP contribution in [0.25, 0.3) is 10.2 Å². The number of phenols is 1. The molecule has 1 aliphatic rings. The molecule has 4 rings (SSSR count). The van der Waals surface area contributed by atoms with Gasteiger partial charge in [0.15, 0.2) is 11.9 Å². The van der Waals surface area contributed by atoms with E-state index >= 15 is 0 Å². The van der Waals surface area contributed by atoms with Gasteiger partial charge in [-0.3, -0.25) is 4.79 Å². The first-order chi connectivity index (χ1) is 12.9. The Kier molecular flexibility index (Phi) is 4.47. The van der Waals surface area contributed by atoms with E-state index in [1.165, 1.54) is 17.0 Å². The quantitative estimate of drug-likeness (QED) is 0.671. The third kappa shape index (κ3) is 3.23. The number of para-hydroxylation sites is 1.